The molecule has 0 unspecified atom stereocenters. The van der Waals surface area contributed by atoms with E-state index in [2.05, 4.69) is 11.1 Å². The van der Waals surface area contributed by atoms with Crippen molar-refractivity contribution in [2.24, 2.45) is 0 Å². The van der Waals surface area contributed by atoms with Gasteiger partial charge in [0.05, 0.1) is 19.9 Å². The van der Waals surface area contributed by atoms with E-state index in [1.54, 1.807) is 20.4 Å². The van der Waals surface area contributed by atoms with Crippen molar-refractivity contribution in [3.05, 3.63) is 64.1 Å². The number of ether oxygens (including phenoxy) is 2. The highest BCUT2D eigenvalue weighted by atomic mass is 16.5. The van der Waals surface area contributed by atoms with Crippen molar-refractivity contribution < 1.29 is 19.4 Å². The van der Waals surface area contributed by atoms with Crippen LogP contribution in [0.4, 0.5) is 0 Å². The molecule has 2 aromatic heterocycles. The molecule has 1 fully saturated rings. The molecular formula is C24H22N2O5. The maximum absolute atomic E-state index is 12.5. The Labute approximate surface area is 178 Å². The minimum atomic E-state index is -1.20. The molecule has 3 aromatic rings. The number of hydrogen-bond donors (Lipinski definition) is 1. The van der Waals surface area contributed by atoms with Crippen molar-refractivity contribution >= 4 is 5.97 Å². The molecular weight excluding hydrogens is 396 g/mol. The normalized spacial score (nSPS) is 15.5. The van der Waals surface area contributed by atoms with Gasteiger partial charge in [-0.15, -0.1) is 0 Å². The zero-order valence-corrected chi connectivity index (χ0v) is 17.3. The van der Waals surface area contributed by atoms with Gasteiger partial charge >= 0.3 is 5.97 Å². The van der Waals surface area contributed by atoms with Crippen molar-refractivity contribution in [1.29, 1.82) is 0 Å². The molecule has 0 radical (unpaired) electrons. The first-order valence-electron chi connectivity index (χ1n) is 10.2. The van der Waals surface area contributed by atoms with Crippen LogP contribution in [-0.4, -0.2) is 34.8 Å². The van der Waals surface area contributed by atoms with Crippen molar-refractivity contribution in [3.8, 4) is 34.0 Å². The van der Waals surface area contributed by atoms with Gasteiger partial charge in [-0.05, 0) is 55.5 Å². The first-order valence-corrected chi connectivity index (χ1v) is 10.2. The molecule has 158 valence electrons. The molecule has 1 saturated carbocycles. The van der Waals surface area contributed by atoms with Crippen LogP contribution in [0.15, 0.2) is 47.5 Å². The van der Waals surface area contributed by atoms with Crippen molar-refractivity contribution in [2.75, 3.05) is 14.2 Å². The van der Waals surface area contributed by atoms with E-state index in [1.165, 1.54) is 12.3 Å². The number of carbonyl (C=O) groups is 1. The van der Waals surface area contributed by atoms with Gasteiger partial charge in [-0.2, -0.15) is 0 Å². The quantitative estimate of drug-likeness (QED) is 0.694. The highest BCUT2D eigenvalue weighted by Crippen LogP contribution is 2.51. The highest BCUT2D eigenvalue weighted by molar-refractivity contribution is 5.88. The third-order valence-corrected chi connectivity index (χ3v) is 6.55. The standard InChI is InChI=1S/C24H22N2O5/c1-30-21-10-16-14(9-17(21)15-5-3-8-25-22(15)31-2)12-24(6-4-7-24)26-13-18(23(28)29)20(27)11-19(16)26/h3,5,8-11,13H,4,6-7,12H2,1-2H3,(H,28,29). The molecule has 0 amide bonds. The van der Waals surface area contributed by atoms with E-state index in [1.807, 2.05) is 22.8 Å². The number of aromatic nitrogens is 2. The van der Waals surface area contributed by atoms with Crippen molar-refractivity contribution in [1.82, 2.24) is 9.55 Å². The third kappa shape index (κ3) is 2.84. The zero-order chi connectivity index (χ0) is 21.8. The Hall–Kier alpha value is -3.61. The van der Waals surface area contributed by atoms with Crippen LogP contribution in [0, 0.1) is 0 Å². The van der Waals surface area contributed by atoms with E-state index < -0.39 is 11.4 Å². The number of rotatable bonds is 4. The number of nitrogens with zero attached hydrogens (tertiary/aromatic N) is 2. The number of pyridine rings is 2. The minimum absolute atomic E-state index is 0.192. The summed E-state index contributed by atoms with van der Waals surface area (Å²) in [6.07, 6.45) is 6.92. The van der Waals surface area contributed by atoms with E-state index in [0.717, 1.165) is 53.6 Å². The second-order valence-electron chi connectivity index (χ2n) is 8.14. The molecule has 2 aliphatic rings. The lowest BCUT2D eigenvalue weighted by Crippen LogP contribution is -2.46. The van der Waals surface area contributed by atoms with Crippen LogP contribution in [0.3, 0.4) is 0 Å². The summed E-state index contributed by atoms with van der Waals surface area (Å²) < 4.78 is 13.2. The summed E-state index contributed by atoms with van der Waals surface area (Å²) in [4.78, 5) is 28.4. The maximum Gasteiger partial charge on any atom is 0.341 e. The number of fused-ring (bicyclic) bond motifs is 4. The molecule has 3 heterocycles. The summed E-state index contributed by atoms with van der Waals surface area (Å²) in [6, 6.07) is 9.26. The lowest BCUT2D eigenvalue weighted by molar-refractivity contribution is 0.0691. The van der Waals surface area contributed by atoms with E-state index >= 15 is 0 Å². The molecule has 7 nitrogen and oxygen atoms in total. The van der Waals surface area contributed by atoms with E-state index in [-0.39, 0.29) is 11.1 Å². The van der Waals surface area contributed by atoms with Gasteiger partial charge < -0.3 is 19.1 Å². The molecule has 0 atom stereocenters. The fraction of sp³-hybridized carbons (Fsp3) is 0.292. The van der Waals surface area contributed by atoms with Crippen LogP contribution in [0.2, 0.25) is 0 Å². The topological polar surface area (TPSA) is 90.7 Å². The average molecular weight is 418 g/mol. The average Bonchev–Trinajstić information content (AvgIpc) is 2.75. The van der Waals surface area contributed by atoms with Gasteiger partial charge in [0.1, 0.15) is 11.3 Å². The third-order valence-electron chi connectivity index (χ3n) is 6.55. The van der Waals surface area contributed by atoms with Gasteiger partial charge in [-0.25, -0.2) is 9.78 Å². The number of carboxylic acid groups (broad SMARTS) is 1. The van der Waals surface area contributed by atoms with Gasteiger partial charge in [-0.3, -0.25) is 4.79 Å². The summed E-state index contributed by atoms with van der Waals surface area (Å²) in [5.41, 5.74) is 3.54. The summed E-state index contributed by atoms with van der Waals surface area (Å²) >= 11 is 0. The minimum Gasteiger partial charge on any atom is -0.496 e. The number of benzene rings is 1. The monoisotopic (exact) mass is 418 g/mol. The largest absolute Gasteiger partial charge is 0.496 e. The fourth-order valence-electron chi connectivity index (χ4n) is 4.88. The van der Waals surface area contributed by atoms with Crippen molar-refractivity contribution in [3.63, 3.8) is 0 Å². The maximum atomic E-state index is 12.5. The lowest BCUT2D eigenvalue weighted by Gasteiger charge is -2.49. The van der Waals surface area contributed by atoms with E-state index in [4.69, 9.17) is 9.47 Å². The van der Waals surface area contributed by atoms with Gasteiger partial charge in [0, 0.05) is 40.7 Å². The highest BCUT2D eigenvalue weighted by Gasteiger charge is 2.43. The van der Waals surface area contributed by atoms with E-state index in [0.29, 0.717) is 11.6 Å². The van der Waals surface area contributed by atoms with Gasteiger partial charge in [-0.1, -0.05) is 0 Å². The van der Waals surface area contributed by atoms with Crippen LogP contribution in [0.1, 0.15) is 35.2 Å². The summed E-state index contributed by atoms with van der Waals surface area (Å²) in [6.45, 7) is 0. The summed E-state index contributed by atoms with van der Waals surface area (Å²) in [7, 11) is 3.19. The Morgan fingerprint density at radius 1 is 1.13 bits per heavy atom. The summed E-state index contributed by atoms with van der Waals surface area (Å²) in [5.74, 6) is -0.0503. The number of hydrogen-bond acceptors (Lipinski definition) is 5. The Balaban J connectivity index is 1.77. The number of aromatic carboxylic acids is 1. The molecule has 1 spiro atoms. The molecule has 7 heteroatoms. The second kappa shape index (κ2) is 6.97. The number of carboxylic acids is 1. The smallest absolute Gasteiger partial charge is 0.341 e. The zero-order valence-electron chi connectivity index (χ0n) is 17.3. The van der Waals surface area contributed by atoms with Crippen molar-refractivity contribution in [2.45, 2.75) is 31.2 Å². The molecule has 1 aromatic carbocycles. The summed E-state index contributed by atoms with van der Waals surface area (Å²) in [5, 5.41) is 9.47. The molecule has 1 aliphatic carbocycles. The number of methoxy groups -OCH3 is 2. The molecule has 0 saturated heterocycles. The molecule has 5 rings (SSSR count). The predicted molar refractivity (Wildman–Crippen MR) is 115 cm³/mol. The Morgan fingerprint density at radius 3 is 2.58 bits per heavy atom. The van der Waals surface area contributed by atoms with Crippen LogP contribution in [0.5, 0.6) is 11.6 Å². The van der Waals surface area contributed by atoms with Gasteiger partial charge in [0.2, 0.25) is 5.88 Å². The Morgan fingerprint density at radius 2 is 1.94 bits per heavy atom. The SMILES string of the molecule is COc1cc2c(cc1-c1cccnc1OC)CC1(CCC1)n1cc(C(=O)O)c(=O)cc1-2. The lowest BCUT2D eigenvalue weighted by atomic mass is 9.69. The second-order valence-corrected chi connectivity index (χ2v) is 8.14. The molecule has 1 N–H and O–H groups in total. The Bertz CT molecular complexity index is 1270. The van der Waals surface area contributed by atoms with Gasteiger partial charge in [0.15, 0.2) is 5.43 Å². The van der Waals surface area contributed by atoms with Crippen LogP contribution in [0.25, 0.3) is 22.4 Å². The van der Waals surface area contributed by atoms with Crippen LogP contribution >= 0.6 is 0 Å². The fourth-order valence-corrected chi connectivity index (χ4v) is 4.88. The van der Waals surface area contributed by atoms with Crippen LogP contribution in [-0.2, 0) is 12.0 Å². The van der Waals surface area contributed by atoms with Gasteiger partial charge in [0.25, 0.3) is 0 Å². The first-order chi connectivity index (χ1) is 15.0. The predicted octanol–water partition coefficient (Wildman–Crippen LogP) is 3.73. The molecule has 0 bridgehead atoms. The Kier molecular flexibility index (Phi) is 4.36. The van der Waals surface area contributed by atoms with Crippen LogP contribution < -0.4 is 14.9 Å². The molecule has 31 heavy (non-hydrogen) atoms. The van der Waals surface area contributed by atoms with E-state index in [9.17, 15) is 14.7 Å². The molecule has 1 aliphatic heterocycles. The first kappa shape index (κ1) is 19.4.